The lowest BCUT2D eigenvalue weighted by molar-refractivity contribution is -0.125. The van der Waals surface area contributed by atoms with Crippen LogP contribution in [0.4, 0.5) is 0 Å². The summed E-state index contributed by atoms with van der Waals surface area (Å²) in [6.45, 7) is -1.15. The smallest absolute Gasteiger partial charge is 0.253 e. The molecular weight excluding hydrogens is 216 g/mol. The van der Waals surface area contributed by atoms with Crippen molar-refractivity contribution in [3.8, 4) is 0 Å². The molecule has 16 heavy (non-hydrogen) atoms. The fourth-order valence-corrected chi connectivity index (χ4v) is 1.00. The zero-order chi connectivity index (χ0) is 12.9. The molecular formula is C8H12N4O4. The summed E-state index contributed by atoms with van der Waals surface area (Å²) in [6, 6.07) is 0. The zero-order valence-corrected chi connectivity index (χ0v) is 8.36. The fraction of sp³-hybridized carbons (Fsp3) is 0.250. The molecule has 2 amide bonds. The van der Waals surface area contributed by atoms with Crippen molar-refractivity contribution in [2.45, 2.75) is 0 Å². The van der Waals surface area contributed by atoms with Crippen LogP contribution in [0.3, 0.4) is 0 Å². The SMILES string of the molecule is NCC(=O)/C(C(N)=O)=C(\C(N)=O)C(=O)CN. The van der Waals surface area contributed by atoms with E-state index in [1.165, 1.54) is 0 Å². The van der Waals surface area contributed by atoms with Gasteiger partial charge in [-0.1, -0.05) is 0 Å². The molecule has 0 aromatic rings. The van der Waals surface area contributed by atoms with Crippen molar-refractivity contribution in [1.82, 2.24) is 0 Å². The Balaban J connectivity index is 5.83. The van der Waals surface area contributed by atoms with Crippen LogP contribution in [0.15, 0.2) is 11.1 Å². The van der Waals surface area contributed by atoms with Crippen molar-refractivity contribution in [2.24, 2.45) is 22.9 Å². The quantitative estimate of drug-likeness (QED) is 0.207. The third-order valence-electron chi connectivity index (χ3n) is 1.67. The molecule has 0 aliphatic carbocycles. The molecule has 0 heterocycles. The van der Waals surface area contributed by atoms with Gasteiger partial charge in [0.2, 0.25) is 0 Å². The van der Waals surface area contributed by atoms with Crippen LogP contribution in [0.2, 0.25) is 0 Å². The van der Waals surface area contributed by atoms with Crippen LogP contribution in [-0.2, 0) is 19.2 Å². The van der Waals surface area contributed by atoms with E-state index in [1.54, 1.807) is 0 Å². The van der Waals surface area contributed by atoms with E-state index in [0.29, 0.717) is 0 Å². The summed E-state index contributed by atoms with van der Waals surface area (Å²) in [5.41, 5.74) is 18.1. The average molecular weight is 228 g/mol. The average Bonchev–Trinajstić information content (AvgIpc) is 2.22. The zero-order valence-electron chi connectivity index (χ0n) is 8.36. The number of primary amides is 2. The first-order chi connectivity index (χ1) is 7.36. The maximum absolute atomic E-state index is 11.2. The normalized spacial score (nSPS) is 11.6. The highest BCUT2D eigenvalue weighted by Crippen LogP contribution is 2.06. The number of amides is 2. The standard InChI is InChI=1S/C8H12N4O4/c9-1-3(13)5(7(11)15)6(8(12)16)4(14)2-10/h1-2,9-10H2,(H2,11,15)(H2,12,16)/b6-5+. The largest absolute Gasteiger partial charge is 0.365 e. The highest BCUT2D eigenvalue weighted by atomic mass is 16.2. The van der Waals surface area contributed by atoms with Gasteiger partial charge in [0, 0.05) is 0 Å². The van der Waals surface area contributed by atoms with Crippen LogP contribution in [-0.4, -0.2) is 36.5 Å². The van der Waals surface area contributed by atoms with Gasteiger partial charge in [-0.05, 0) is 0 Å². The molecule has 8 nitrogen and oxygen atoms in total. The number of Topliss-reactive ketones (excluding diaryl/α,β-unsaturated/α-hetero) is 2. The molecule has 8 heteroatoms. The number of carbonyl (C=O) groups excluding carboxylic acids is 4. The van der Waals surface area contributed by atoms with E-state index >= 15 is 0 Å². The molecule has 0 unspecified atom stereocenters. The van der Waals surface area contributed by atoms with Gasteiger partial charge in [-0.3, -0.25) is 19.2 Å². The summed E-state index contributed by atoms with van der Waals surface area (Å²) in [6.07, 6.45) is 0. The lowest BCUT2D eigenvalue weighted by Crippen LogP contribution is -2.35. The van der Waals surface area contributed by atoms with Gasteiger partial charge in [0.05, 0.1) is 24.2 Å². The number of ketones is 2. The van der Waals surface area contributed by atoms with Crippen molar-refractivity contribution >= 4 is 23.4 Å². The first-order valence-corrected chi connectivity index (χ1v) is 4.17. The van der Waals surface area contributed by atoms with Crippen molar-refractivity contribution < 1.29 is 19.2 Å². The first-order valence-electron chi connectivity index (χ1n) is 4.17. The van der Waals surface area contributed by atoms with Gasteiger partial charge in [-0.15, -0.1) is 0 Å². The predicted octanol–water partition coefficient (Wildman–Crippen LogP) is -3.69. The van der Waals surface area contributed by atoms with Gasteiger partial charge in [0.25, 0.3) is 11.8 Å². The van der Waals surface area contributed by atoms with Gasteiger partial charge in [-0.2, -0.15) is 0 Å². The van der Waals surface area contributed by atoms with Gasteiger partial charge in [-0.25, -0.2) is 0 Å². The number of carbonyl (C=O) groups is 4. The second-order valence-electron chi connectivity index (χ2n) is 2.73. The highest BCUT2D eigenvalue weighted by Gasteiger charge is 2.27. The lowest BCUT2D eigenvalue weighted by atomic mass is 9.99. The Morgan fingerprint density at radius 3 is 1.06 bits per heavy atom. The van der Waals surface area contributed by atoms with Crippen molar-refractivity contribution in [3.05, 3.63) is 11.1 Å². The van der Waals surface area contributed by atoms with Crippen LogP contribution < -0.4 is 22.9 Å². The Hall–Kier alpha value is -2.06. The second kappa shape index (κ2) is 5.73. The molecule has 0 atom stereocenters. The molecule has 0 aliphatic heterocycles. The Morgan fingerprint density at radius 2 is 0.938 bits per heavy atom. The highest BCUT2D eigenvalue weighted by molar-refractivity contribution is 6.32. The van der Waals surface area contributed by atoms with E-state index in [4.69, 9.17) is 22.9 Å². The summed E-state index contributed by atoms with van der Waals surface area (Å²) in [7, 11) is 0. The van der Waals surface area contributed by atoms with E-state index in [2.05, 4.69) is 0 Å². The number of hydrogen-bond donors (Lipinski definition) is 4. The van der Waals surface area contributed by atoms with Crippen molar-refractivity contribution in [2.75, 3.05) is 13.1 Å². The fourth-order valence-electron chi connectivity index (χ4n) is 1.00. The summed E-state index contributed by atoms with van der Waals surface area (Å²) in [4.78, 5) is 44.4. The van der Waals surface area contributed by atoms with Gasteiger partial charge in [0.1, 0.15) is 0 Å². The first kappa shape index (κ1) is 13.9. The molecule has 0 fully saturated rings. The summed E-state index contributed by atoms with van der Waals surface area (Å²) < 4.78 is 0. The maximum Gasteiger partial charge on any atom is 0.253 e. The van der Waals surface area contributed by atoms with Gasteiger partial charge < -0.3 is 22.9 Å². The van der Waals surface area contributed by atoms with Crippen molar-refractivity contribution in [3.63, 3.8) is 0 Å². The molecule has 0 radical (unpaired) electrons. The molecule has 0 saturated heterocycles. The minimum atomic E-state index is -1.24. The minimum absolute atomic E-state index is 0.576. The molecule has 0 bridgehead atoms. The van der Waals surface area contributed by atoms with Crippen molar-refractivity contribution in [1.29, 1.82) is 0 Å². The van der Waals surface area contributed by atoms with Crippen LogP contribution in [0.25, 0.3) is 0 Å². The molecule has 0 aromatic carbocycles. The van der Waals surface area contributed by atoms with Crippen LogP contribution in [0.5, 0.6) is 0 Å². The Kier molecular flexibility index (Phi) is 4.99. The van der Waals surface area contributed by atoms with Crippen LogP contribution >= 0.6 is 0 Å². The molecule has 8 N–H and O–H groups in total. The third kappa shape index (κ3) is 2.97. The number of hydrogen-bond acceptors (Lipinski definition) is 6. The Bertz CT molecular complexity index is 349. The van der Waals surface area contributed by atoms with E-state index in [9.17, 15) is 19.2 Å². The molecule has 0 aliphatic rings. The summed E-state index contributed by atoms with van der Waals surface area (Å²) >= 11 is 0. The summed E-state index contributed by atoms with van der Waals surface area (Å²) in [5, 5.41) is 0. The molecule has 0 aromatic heterocycles. The van der Waals surface area contributed by atoms with Gasteiger partial charge >= 0.3 is 0 Å². The molecule has 0 spiro atoms. The minimum Gasteiger partial charge on any atom is -0.365 e. The summed E-state index contributed by atoms with van der Waals surface area (Å²) in [5.74, 6) is -4.37. The predicted molar refractivity (Wildman–Crippen MR) is 53.5 cm³/mol. The topological polar surface area (TPSA) is 172 Å². The van der Waals surface area contributed by atoms with E-state index in [-0.39, 0.29) is 0 Å². The maximum atomic E-state index is 11.2. The lowest BCUT2D eigenvalue weighted by Gasteiger charge is -2.06. The van der Waals surface area contributed by atoms with E-state index < -0.39 is 47.6 Å². The Morgan fingerprint density at radius 1 is 0.688 bits per heavy atom. The van der Waals surface area contributed by atoms with E-state index in [0.717, 1.165) is 0 Å². The molecule has 0 saturated carbocycles. The third-order valence-corrected chi connectivity index (χ3v) is 1.67. The molecule has 88 valence electrons. The van der Waals surface area contributed by atoms with Gasteiger partial charge in [0.15, 0.2) is 11.6 Å². The number of nitrogens with two attached hydrogens (primary N) is 4. The van der Waals surface area contributed by atoms with E-state index in [1.807, 2.05) is 0 Å². The number of rotatable bonds is 6. The monoisotopic (exact) mass is 228 g/mol. The second-order valence-corrected chi connectivity index (χ2v) is 2.73. The molecule has 0 rings (SSSR count). The van der Waals surface area contributed by atoms with Crippen LogP contribution in [0.1, 0.15) is 0 Å². The Labute approximate surface area is 90.6 Å². The van der Waals surface area contributed by atoms with Crippen LogP contribution in [0, 0.1) is 0 Å².